The van der Waals surface area contributed by atoms with E-state index in [0.29, 0.717) is 30.3 Å². The van der Waals surface area contributed by atoms with Gasteiger partial charge in [0.1, 0.15) is 17.7 Å². The Morgan fingerprint density at radius 1 is 0.960 bits per heavy atom. The van der Waals surface area contributed by atoms with Gasteiger partial charge in [-0.15, -0.1) is 0 Å². The van der Waals surface area contributed by atoms with Crippen molar-refractivity contribution >= 4 is 17.7 Å². The van der Waals surface area contributed by atoms with Crippen LogP contribution in [0.2, 0.25) is 0 Å². The molecule has 3 aromatic rings. The number of benzene rings is 3. The molecular formula is C38H48F2N4O6. The lowest BCUT2D eigenvalue weighted by Crippen LogP contribution is -2.67. The number of amides is 3. The van der Waals surface area contributed by atoms with Gasteiger partial charge in [-0.25, -0.2) is 8.78 Å². The van der Waals surface area contributed by atoms with E-state index in [1.807, 2.05) is 44.2 Å². The van der Waals surface area contributed by atoms with Crippen LogP contribution >= 0.6 is 0 Å². The molecule has 0 saturated carbocycles. The third-order valence-electron chi connectivity index (χ3n) is 8.73. The van der Waals surface area contributed by atoms with Gasteiger partial charge in [-0.05, 0) is 79.6 Å². The highest BCUT2D eigenvalue weighted by molar-refractivity contribution is 6.00. The summed E-state index contributed by atoms with van der Waals surface area (Å²) < 4.78 is 28.6. The van der Waals surface area contributed by atoms with Crippen molar-refractivity contribution in [2.45, 2.75) is 83.3 Å². The van der Waals surface area contributed by atoms with Crippen LogP contribution in [0.5, 0.6) is 0 Å². The Morgan fingerprint density at radius 3 is 2.22 bits per heavy atom. The molecular weight excluding hydrogens is 646 g/mol. The molecule has 1 fully saturated rings. The van der Waals surface area contributed by atoms with Crippen molar-refractivity contribution in [3.63, 3.8) is 0 Å². The Kier molecular flexibility index (Phi) is 14.0. The quantitative estimate of drug-likeness (QED) is 0.155. The number of aliphatic hydroxyl groups is 3. The number of nitrogens with zero attached hydrogens (tertiary/aromatic N) is 2. The van der Waals surface area contributed by atoms with Crippen LogP contribution in [0, 0.1) is 18.6 Å². The van der Waals surface area contributed by atoms with E-state index in [1.165, 1.54) is 11.0 Å². The molecule has 1 aliphatic heterocycles. The van der Waals surface area contributed by atoms with Crippen LogP contribution in [0.1, 0.15) is 70.5 Å². The number of aliphatic hydroxyl groups excluding tert-OH is 3. The summed E-state index contributed by atoms with van der Waals surface area (Å²) in [6.07, 6.45) is -1.35. The lowest BCUT2D eigenvalue weighted by Gasteiger charge is -2.42. The maximum absolute atomic E-state index is 14.3. The number of carbonyl (C=O) groups excluding carboxylic acids is 3. The summed E-state index contributed by atoms with van der Waals surface area (Å²) in [5.41, 5.74) is 2.09. The number of halogens is 2. The summed E-state index contributed by atoms with van der Waals surface area (Å²) in [6.45, 7) is 6.70. The fourth-order valence-electron chi connectivity index (χ4n) is 6.47. The molecule has 3 aromatic carbocycles. The summed E-state index contributed by atoms with van der Waals surface area (Å²) in [6, 6.07) is 13.8. The number of aryl methyl sites for hydroxylation is 1. The fraction of sp³-hybridized carbons (Fsp3) is 0.447. The largest absolute Gasteiger partial charge is 0.394 e. The van der Waals surface area contributed by atoms with E-state index in [4.69, 9.17) is 0 Å². The molecule has 0 spiro atoms. The maximum Gasteiger partial charge on any atom is 0.253 e. The van der Waals surface area contributed by atoms with Gasteiger partial charge in [0, 0.05) is 49.4 Å². The molecule has 0 radical (unpaired) electrons. The number of rotatable bonds is 16. The van der Waals surface area contributed by atoms with E-state index in [-0.39, 0.29) is 43.0 Å². The Hall–Kier alpha value is -4.23. The molecule has 1 heterocycles. The van der Waals surface area contributed by atoms with Crippen LogP contribution in [-0.2, 0) is 17.8 Å². The molecule has 0 bridgehead atoms. The molecule has 3 amide bonds. The summed E-state index contributed by atoms with van der Waals surface area (Å²) in [7, 11) is 0. The number of piperazine rings is 1. The predicted molar refractivity (Wildman–Crippen MR) is 185 cm³/mol. The molecule has 10 nitrogen and oxygen atoms in total. The van der Waals surface area contributed by atoms with Gasteiger partial charge < -0.3 is 30.4 Å². The molecule has 12 heteroatoms. The summed E-state index contributed by atoms with van der Waals surface area (Å²) in [5, 5.41) is 37.5. The number of carbonyl (C=O) groups is 3. The maximum atomic E-state index is 14.3. The summed E-state index contributed by atoms with van der Waals surface area (Å²) in [4.78, 5) is 44.5. The third kappa shape index (κ3) is 10.4. The molecule has 50 heavy (non-hydrogen) atoms. The summed E-state index contributed by atoms with van der Waals surface area (Å²) >= 11 is 0. The minimum absolute atomic E-state index is 0.0671. The lowest BCUT2D eigenvalue weighted by atomic mass is 9.91. The molecule has 5 atom stereocenters. The van der Waals surface area contributed by atoms with Gasteiger partial charge in [-0.3, -0.25) is 19.7 Å². The van der Waals surface area contributed by atoms with E-state index < -0.39 is 60.4 Å². The second-order valence-corrected chi connectivity index (χ2v) is 13.1. The highest BCUT2D eigenvalue weighted by atomic mass is 19.1. The molecule has 1 aliphatic rings. The number of hydrogen-bond acceptors (Lipinski definition) is 7. The highest BCUT2D eigenvalue weighted by Crippen LogP contribution is 2.21. The first-order valence-corrected chi connectivity index (χ1v) is 17.1. The third-order valence-corrected chi connectivity index (χ3v) is 8.73. The normalized spacial score (nSPS) is 18.0. The first kappa shape index (κ1) is 38.6. The average molecular weight is 695 g/mol. The lowest BCUT2D eigenvalue weighted by molar-refractivity contribution is -0.142. The Bertz CT molecular complexity index is 1580. The van der Waals surface area contributed by atoms with E-state index in [0.717, 1.165) is 30.5 Å². The molecule has 0 aliphatic carbocycles. The molecule has 270 valence electrons. The topological polar surface area (TPSA) is 142 Å². The zero-order valence-electron chi connectivity index (χ0n) is 28.8. The van der Waals surface area contributed by atoms with Gasteiger partial charge in [-0.2, -0.15) is 0 Å². The number of hydrogen-bond donors (Lipinski definition) is 5. The first-order valence-electron chi connectivity index (χ1n) is 17.1. The summed E-state index contributed by atoms with van der Waals surface area (Å²) in [5.74, 6) is -3.04. The van der Waals surface area contributed by atoms with Crippen molar-refractivity contribution in [1.29, 1.82) is 0 Å². The first-order chi connectivity index (χ1) is 23.9. The van der Waals surface area contributed by atoms with Crippen LogP contribution in [0.15, 0.2) is 66.7 Å². The molecule has 1 saturated heterocycles. The minimum Gasteiger partial charge on any atom is -0.394 e. The van der Waals surface area contributed by atoms with Crippen molar-refractivity contribution < 1.29 is 38.5 Å². The standard InChI is InChI=1S/C38H48F2N4O6/c1-4-11-43(12-5-2)37(49)28-14-24(3)13-27(18-28)36(48)42-33(17-26-15-29(39)19-30(40)16-26)35(47)34-38(50)44(21-25-9-7-6-8-10-25)22-31(41-34)20-32(46)23-45/h6-10,13-16,18-19,31-35,41,45-47H,4-5,11-12,17,20-23H2,1-3H3,(H,42,48)/t31?,32?,33-,34?,35-/m0/s1. The van der Waals surface area contributed by atoms with Gasteiger partial charge in [0.25, 0.3) is 11.8 Å². The SMILES string of the molecule is CCCN(CCC)C(=O)c1cc(C)cc(C(=O)N[C@@H](Cc2cc(F)cc(F)c2)[C@H](O)C2NC(CC(O)CO)CN(Cc3ccccc3)C2=O)c1. The van der Waals surface area contributed by atoms with Crippen molar-refractivity contribution in [2.24, 2.45) is 0 Å². The Balaban J connectivity index is 1.67. The molecule has 4 rings (SSSR count). The smallest absolute Gasteiger partial charge is 0.253 e. The van der Waals surface area contributed by atoms with Crippen LogP contribution in [-0.4, -0.2) is 99.4 Å². The second kappa shape index (κ2) is 18.1. The van der Waals surface area contributed by atoms with Gasteiger partial charge >= 0.3 is 0 Å². The average Bonchev–Trinajstić information content (AvgIpc) is 3.08. The van der Waals surface area contributed by atoms with E-state index in [1.54, 1.807) is 24.0 Å². The van der Waals surface area contributed by atoms with Crippen molar-refractivity contribution in [3.8, 4) is 0 Å². The van der Waals surface area contributed by atoms with E-state index in [9.17, 15) is 38.5 Å². The van der Waals surface area contributed by atoms with Gasteiger partial charge in [0.05, 0.1) is 24.9 Å². The zero-order chi connectivity index (χ0) is 36.4. The second-order valence-electron chi connectivity index (χ2n) is 13.1. The van der Waals surface area contributed by atoms with Crippen LogP contribution in [0.3, 0.4) is 0 Å². The van der Waals surface area contributed by atoms with E-state index in [2.05, 4.69) is 10.6 Å². The van der Waals surface area contributed by atoms with Crippen LogP contribution < -0.4 is 10.6 Å². The van der Waals surface area contributed by atoms with Crippen LogP contribution in [0.4, 0.5) is 8.78 Å². The minimum atomic E-state index is -1.61. The zero-order valence-corrected chi connectivity index (χ0v) is 28.8. The Morgan fingerprint density at radius 2 is 1.60 bits per heavy atom. The molecule has 3 unspecified atom stereocenters. The van der Waals surface area contributed by atoms with E-state index >= 15 is 0 Å². The van der Waals surface area contributed by atoms with Crippen molar-refractivity contribution in [3.05, 3.63) is 106 Å². The fourth-order valence-corrected chi connectivity index (χ4v) is 6.47. The highest BCUT2D eigenvalue weighted by Gasteiger charge is 2.42. The Labute approximate surface area is 292 Å². The number of nitrogens with one attached hydrogen (secondary N) is 2. The van der Waals surface area contributed by atoms with Crippen LogP contribution in [0.25, 0.3) is 0 Å². The van der Waals surface area contributed by atoms with Gasteiger partial charge in [-0.1, -0.05) is 44.2 Å². The predicted octanol–water partition coefficient (Wildman–Crippen LogP) is 3.35. The van der Waals surface area contributed by atoms with Crippen molar-refractivity contribution in [1.82, 2.24) is 20.4 Å². The van der Waals surface area contributed by atoms with Gasteiger partial charge in [0.2, 0.25) is 5.91 Å². The van der Waals surface area contributed by atoms with Crippen molar-refractivity contribution in [2.75, 3.05) is 26.2 Å². The molecule has 0 aromatic heterocycles. The van der Waals surface area contributed by atoms with Gasteiger partial charge in [0.15, 0.2) is 0 Å². The molecule has 5 N–H and O–H groups in total. The monoisotopic (exact) mass is 694 g/mol.